The van der Waals surface area contributed by atoms with E-state index >= 15 is 0 Å². The van der Waals surface area contributed by atoms with Crippen molar-refractivity contribution in [3.63, 3.8) is 0 Å². The second-order valence-electron chi connectivity index (χ2n) is 6.22. The van der Waals surface area contributed by atoms with E-state index in [1.807, 2.05) is 6.07 Å². The molecule has 0 saturated carbocycles. The lowest BCUT2D eigenvalue weighted by molar-refractivity contribution is 0.676. The highest BCUT2D eigenvalue weighted by Crippen LogP contribution is 2.43. The molecule has 0 saturated heterocycles. The van der Waals surface area contributed by atoms with Gasteiger partial charge < -0.3 is 4.42 Å². The Morgan fingerprint density at radius 3 is 1.56 bits per heavy atom. The number of hydrogen-bond acceptors (Lipinski definition) is 1. The maximum Gasteiger partial charge on any atom is 0.135 e. The van der Waals surface area contributed by atoms with Crippen LogP contribution in [0.5, 0.6) is 0 Å². The summed E-state index contributed by atoms with van der Waals surface area (Å²) in [5.41, 5.74) is 9.14. The number of fused-ring (bicyclic) bond motifs is 2. The topological polar surface area (TPSA) is 13.1 Å². The summed E-state index contributed by atoms with van der Waals surface area (Å²) >= 11 is 0. The van der Waals surface area contributed by atoms with Crippen LogP contribution in [-0.4, -0.2) is 0 Å². The summed E-state index contributed by atoms with van der Waals surface area (Å²) < 4.78 is 5.85. The predicted octanol–water partition coefficient (Wildman–Crippen LogP) is 6.87. The van der Waals surface area contributed by atoms with Gasteiger partial charge in [-0.15, -0.1) is 0 Å². The molecular formula is C24H16O. The molecule has 1 heteroatoms. The zero-order chi connectivity index (χ0) is 16.6. The summed E-state index contributed by atoms with van der Waals surface area (Å²) in [6.45, 7) is 0. The highest BCUT2D eigenvalue weighted by Gasteiger charge is 2.18. The van der Waals surface area contributed by atoms with Crippen molar-refractivity contribution >= 4 is 11.2 Å². The van der Waals surface area contributed by atoms with E-state index in [-0.39, 0.29) is 0 Å². The van der Waals surface area contributed by atoms with Gasteiger partial charge in [0.15, 0.2) is 0 Å². The van der Waals surface area contributed by atoms with Crippen LogP contribution < -0.4 is 0 Å². The Bertz CT molecular complexity index is 1060. The van der Waals surface area contributed by atoms with Crippen LogP contribution in [0.4, 0.5) is 0 Å². The molecule has 2 aromatic heterocycles. The number of furan rings is 2. The molecule has 1 nitrogen and oxygen atoms in total. The molecule has 0 spiro atoms. The molecule has 0 fully saturated rings. The number of hydrogen-bond donors (Lipinski definition) is 0. The first kappa shape index (κ1) is 14.1. The summed E-state index contributed by atoms with van der Waals surface area (Å²) in [5.74, 6) is 0. The molecule has 5 aromatic rings. The highest BCUT2D eigenvalue weighted by molar-refractivity contribution is 6.00. The van der Waals surface area contributed by atoms with E-state index in [0.717, 1.165) is 16.7 Å². The van der Waals surface area contributed by atoms with Gasteiger partial charge in [-0.05, 0) is 40.5 Å². The van der Waals surface area contributed by atoms with Crippen molar-refractivity contribution in [3.05, 3.63) is 97.1 Å². The van der Waals surface area contributed by atoms with Crippen molar-refractivity contribution in [2.75, 3.05) is 0 Å². The van der Waals surface area contributed by atoms with Gasteiger partial charge in [-0.25, -0.2) is 0 Å². The lowest BCUT2D eigenvalue weighted by Crippen LogP contribution is -1.89. The Morgan fingerprint density at radius 1 is 0.480 bits per heavy atom. The second kappa shape index (κ2) is 5.64. The van der Waals surface area contributed by atoms with E-state index in [2.05, 4.69) is 91.0 Å². The summed E-state index contributed by atoms with van der Waals surface area (Å²) in [6.07, 6.45) is 0. The Hall–Kier alpha value is -3.32. The minimum atomic E-state index is 0.923. The smallest absolute Gasteiger partial charge is 0.135 e. The van der Waals surface area contributed by atoms with Crippen LogP contribution in [0.3, 0.4) is 0 Å². The third-order valence-electron chi connectivity index (χ3n) is 4.68. The molecule has 118 valence electrons. The van der Waals surface area contributed by atoms with Crippen LogP contribution in [0.2, 0.25) is 0 Å². The van der Waals surface area contributed by atoms with Crippen LogP contribution in [0.15, 0.2) is 101 Å². The molecule has 2 heterocycles. The maximum absolute atomic E-state index is 5.85. The molecule has 0 amide bonds. The molecule has 0 aliphatic carbocycles. The van der Waals surface area contributed by atoms with Crippen molar-refractivity contribution in [1.82, 2.24) is 0 Å². The summed E-state index contributed by atoms with van der Waals surface area (Å²) in [6, 6.07) is 33.8. The molecule has 0 N–H and O–H groups in total. The molecule has 2 bridgehead atoms. The summed E-state index contributed by atoms with van der Waals surface area (Å²) in [7, 11) is 0. The Kier molecular flexibility index (Phi) is 3.17. The van der Waals surface area contributed by atoms with E-state index in [1.165, 1.54) is 27.8 Å². The fourth-order valence-electron chi connectivity index (χ4n) is 3.54. The third kappa shape index (κ3) is 2.33. The maximum atomic E-state index is 5.85. The van der Waals surface area contributed by atoms with E-state index < -0.39 is 0 Å². The monoisotopic (exact) mass is 320 g/mol. The van der Waals surface area contributed by atoms with E-state index in [4.69, 9.17) is 4.42 Å². The van der Waals surface area contributed by atoms with Crippen molar-refractivity contribution in [1.29, 1.82) is 0 Å². The Labute approximate surface area is 146 Å². The van der Waals surface area contributed by atoms with Gasteiger partial charge in [0, 0.05) is 11.1 Å². The average Bonchev–Trinajstić information content (AvgIpc) is 3.32. The van der Waals surface area contributed by atoms with Crippen LogP contribution >= 0.6 is 0 Å². The fraction of sp³-hybridized carbons (Fsp3) is 0. The van der Waals surface area contributed by atoms with E-state index in [1.54, 1.807) is 0 Å². The first-order valence-corrected chi connectivity index (χ1v) is 8.46. The van der Waals surface area contributed by atoms with Crippen molar-refractivity contribution in [2.45, 2.75) is 0 Å². The zero-order valence-corrected chi connectivity index (χ0v) is 13.6. The van der Waals surface area contributed by atoms with Gasteiger partial charge >= 0.3 is 0 Å². The molecular weight excluding hydrogens is 304 g/mol. The van der Waals surface area contributed by atoms with E-state index in [9.17, 15) is 0 Å². The molecule has 5 rings (SSSR count). The van der Waals surface area contributed by atoms with Gasteiger partial charge in [0.2, 0.25) is 0 Å². The van der Waals surface area contributed by atoms with Crippen LogP contribution in [0, 0.1) is 0 Å². The minimum Gasteiger partial charge on any atom is -0.457 e. The zero-order valence-electron chi connectivity index (χ0n) is 13.6. The SMILES string of the molecule is c1ccc(-c2cccc(-c3ccccc3)c2-c2cc3ccc2o3)cc1. The van der Waals surface area contributed by atoms with Crippen molar-refractivity contribution in [3.8, 4) is 33.4 Å². The molecule has 25 heavy (non-hydrogen) atoms. The van der Waals surface area contributed by atoms with Gasteiger partial charge in [-0.1, -0.05) is 78.9 Å². The largest absolute Gasteiger partial charge is 0.457 e. The predicted molar refractivity (Wildman–Crippen MR) is 104 cm³/mol. The first-order chi connectivity index (χ1) is 12.4. The minimum absolute atomic E-state index is 0.923. The standard InChI is InChI=1S/C24H16O/c1-3-8-17(9-4-1)20-12-7-13-21(18-10-5-2-6-11-18)24(20)22-16-19-14-15-23(22)25-19/h1-16H. The van der Waals surface area contributed by atoms with Crippen molar-refractivity contribution < 1.29 is 4.42 Å². The van der Waals surface area contributed by atoms with Gasteiger partial charge in [0.1, 0.15) is 11.2 Å². The fourth-order valence-corrected chi connectivity index (χ4v) is 3.54. The third-order valence-corrected chi connectivity index (χ3v) is 4.68. The quantitative estimate of drug-likeness (QED) is 0.353. The normalized spacial score (nSPS) is 11.2. The second-order valence-corrected chi connectivity index (χ2v) is 6.22. The Balaban J connectivity index is 1.85. The van der Waals surface area contributed by atoms with Gasteiger partial charge in [-0.3, -0.25) is 0 Å². The van der Waals surface area contributed by atoms with Crippen LogP contribution in [-0.2, 0) is 0 Å². The molecule has 0 radical (unpaired) electrons. The Morgan fingerprint density at radius 2 is 1.08 bits per heavy atom. The van der Waals surface area contributed by atoms with Crippen LogP contribution in [0.1, 0.15) is 0 Å². The van der Waals surface area contributed by atoms with Gasteiger partial charge in [0.25, 0.3) is 0 Å². The number of rotatable bonds is 3. The van der Waals surface area contributed by atoms with Crippen molar-refractivity contribution in [2.24, 2.45) is 0 Å². The molecule has 0 atom stereocenters. The highest BCUT2D eigenvalue weighted by atomic mass is 16.3. The molecule has 0 aliphatic heterocycles. The average molecular weight is 320 g/mol. The van der Waals surface area contributed by atoms with Gasteiger partial charge in [0.05, 0.1) is 0 Å². The summed E-state index contributed by atoms with van der Waals surface area (Å²) in [5, 5.41) is 0. The van der Waals surface area contributed by atoms with Crippen LogP contribution in [0.25, 0.3) is 44.5 Å². The molecule has 3 aromatic carbocycles. The first-order valence-electron chi connectivity index (χ1n) is 8.46. The summed E-state index contributed by atoms with van der Waals surface area (Å²) in [4.78, 5) is 0. The number of benzene rings is 4. The van der Waals surface area contributed by atoms with Gasteiger partial charge in [-0.2, -0.15) is 0 Å². The molecule has 0 unspecified atom stereocenters. The lowest BCUT2D eigenvalue weighted by atomic mass is 9.88. The van der Waals surface area contributed by atoms with E-state index in [0.29, 0.717) is 0 Å². The molecule has 0 aliphatic rings. The lowest BCUT2D eigenvalue weighted by Gasteiger charge is -2.15.